The van der Waals surface area contributed by atoms with E-state index in [0.29, 0.717) is 34.3 Å². The number of allylic oxidation sites excluding steroid dienone is 2. The lowest BCUT2D eigenvalue weighted by molar-refractivity contribution is -0.561. The minimum absolute atomic E-state index is 0.168. The normalized spacial score (nSPS) is 22.6. The van der Waals surface area contributed by atoms with Crippen LogP contribution in [0.1, 0.15) is 19.4 Å². The van der Waals surface area contributed by atoms with Crippen molar-refractivity contribution in [3.05, 3.63) is 62.2 Å². The molecule has 5 nitrogen and oxygen atoms in total. The van der Waals surface area contributed by atoms with Crippen LogP contribution < -0.4 is 0 Å². The molecule has 7 heteroatoms. The van der Waals surface area contributed by atoms with Crippen LogP contribution in [0.4, 0.5) is 0 Å². The minimum Gasteiger partial charge on any atom is -0.297 e. The highest BCUT2D eigenvalue weighted by molar-refractivity contribution is 6.37. The second kappa shape index (κ2) is 8.01. The second-order valence-corrected chi connectivity index (χ2v) is 6.68. The number of benzene rings is 1. The fraction of sp³-hybridized carbons (Fsp3) is 0.389. The fourth-order valence-corrected chi connectivity index (χ4v) is 3.61. The van der Waals surface area contributed by atoms with Crippen LogP contribution in [0.2, 0.25) is 10.0 Å². The summed E-state index contributed by atoms with van der Waals surface area (Å²) in [5, 5.41) is 22.4. The third-order valence-electron chi connectivity index (χ3n) is 4.54. The summed E-state index contributed by atoms with van der Waals surface area (Å²) in [6.45, 7) is 5.39. The van der Waals surface area contributed by atoms with Crippen molar-refractivity contribution in [2.45, 2.75) is 19.4 Å². The monoisotopic (exact) mass is 379 g/mol. The molecule has 0 aromatic heterocycles. The lowest BCUT2D eigenvalue weighted by Crippen LogP contribution is -2.52. The number of rotatable bonds is 6. The lowest BCUT2D eigenvalue weighted by atomic mass is 9.78. The Labute approximate surface area is 157 Å². The Morgan fingerprint density at radius 2 is 1.92 bits per heavy atom. The molecule has 2 unspecified atom stereocenters. The second-order valence-electron chi connectivity index (χ2n) is 5.87. The van der Waals surface area contributed by atoms with Crippen LogP contribution in [0, 0.1) is 27.4 Å². The Hall–Kier alpha value is -1.87. The number of hydrogen-bond donors (Lipinski definition) is 0. The summed E-state index contributed by atoms with van der Waals surface area (Å²) in [6.07, 6.45) is 4.75. The van der Waals surface area contributed by atoms with E-state index in [0.717, 1.165) is 0 Å². The number of halogens is 2. The highest BCUT2D eigenvalue weighted by Gasteiger charge is 2.50. The lowest BCUT2D eigenvalue weighted by Gasteiger charge is -2.32. The van der Waals surface area contributed by atoms with Crippen molar-refractivity contribution in [3.8, 4) is 6.07 Å². The molecule has 1 aromatic rings. The Kier molecular flexibility index (Phi) is 6.23. The van der Waals surface area contributed by atoms with Crippen molar-refractivity contribution in [2.75, 3.05) is 19.6 Å². The van der Waals surface area contributed by atoms with Gasteiger partial charge in [0.1, 0.15) is 5.92 Å². The molecule has 0 bridgehead atoms. The Morgan fingerprint density at radius 1 is 1.32 bits per heavy atom. The predicted molar refractivity (Wildman–Crippen MR) is 100 cm³/mol. The van der Waals surface area contributed by atoms with Gasteiger partial charge in [-0.05, 0) is 36.9 Å². The van der Waals surface area contributed by atoms with Crippen molar-refractivity contribution in [3.63, 3.8) is 0 Å². The van der Waals surface area contributed by atoms with Crippen LogP contribution >= 0.6 is 23.2 Å². The van der Waals surface area contributed by atoms with Crippen molar-refractivity contribution >= 4 is 28.8 Å². The summed E-state index contributed by atoms with van der Waals surface area (Å²) < 4.78 is 0. The number of nitrogens with zero attached hydrogens (tertiary/aromatic N) is 3. The molecule has 0 radical (unpaired) electrons. The molecule has 1 aromatic carbocycles. The average molecular weight is 380 g/mol. The standard InChI is InChI=1S/C18H19Cl2N3O2/c1-3-22(4-2)12-18(23(24)25)9-8-13(10-14(18)11-21)17-15(19)6-5-7-16(17)20/h5-10,14H,3-4,12H2,1-2H3. The van der Waals surface area contributed by atoms with E-state index >= 15 is 0 Å². The first-order valence-electron chi connectivity index (χ1n) is 8.01. The predicted octanol–water partition coefficient (Wildman–Crippen LogP) is 4.44. The molecule has 0 heterocycles. The van der Waals surface area contributed by atoms with E-state index in [1.54, 1.807) is 30.4 Å². The van der Waals surface area contributed by atoms with E-state index in [-0.39, 0.29) is 11.5 Å². The van der Waals surface area contributed by atoms with Gasteiger partial charge in [0.25, 0.3) is 5.54 Å². The quantitative estimate of drug-likeness (QED) is 0.540. The molecule has 1 aliphatic rings. The zero-order chi connectivity index (χ0) is 18.6. The number of likely N-dealkylation sites (N-methyl/N-ethyl adjacent to an activating group) is 1. The first kappa shape index (κ1) is 19.5. The molecule has 1 aliphatic carbocycles. The largest absolute Gasteiger partial charge is 0.297 e. The first-order chi connectivity index (χ1) is 11.9. The smallest absolute Gasteiger partial charge is 0.272 e. The van der Waals surface area contributed by atoms with E-state index in [1.165, 1.54) is 6.08 Å². The van der Waals surface area contributed by atoms with E-state index in [2.05, 4.69) is 6.07 Å². The van der Waals surface area contributed by atoms with Gasteiger partial charge in [0, 0.05) is 20.5 Å². The van der Waals surface area contributed by atoms with Gasteiger partial charge in [-0.1, -0.05) is 55.3 Å². The van der Waals surface area contributed by atoms with Crippen LogP contribution in [-0.4, -0.2) is 35.0 Å². The van der Waals surface area contributed by atoms with Gasteiger partial charge in [-0.25, -0.2) is 0 Å². The van der Waals surface area contributed by atoms with Crippen molar-refractivity contribution < 1.29 is 4.92 Å². The van der Waals surface area contributed by atoms with Gasteiger partial charge >= 0.3 is 0 Å². The van der Waals surface area contributed by atoms with Crippen molar-refractivity contribution in [1.82, 2.24) is 4.90 Å². The number of nitriles is 1. The highest BCUT2D eigenvalue weighted by Crippen LogP contribution is 2.38. The maximum Gasteiger partial charge on any atom is 0.272 e. The van der Waals surface area contributed by atoms with Crippen molar-refractivity contribution in [1.29, 1.82) is 5.26 Å². The van der Waals surface area contributed by atoms with Gasteiger partial charge in [-0.15, -0.1) is 0 Å². The highest BCUT2D eigenvalue weighted by atomic mass is 35.5. The molecule has 0 amide bonds. The molecule has 0 saturated carbocycles. The van der Waals surface area contributed by atoms with Crippen LogP contribution in [0.5, 0.6) is 0 Å². The third-order valence-corrected chi connectivity index (χ3v) is 5.17. The molecule has 2 rings (SSSR count). The molecule has 0 fully saturated rings. The van der Waals surface area contributed by atoms with Gasteiger partial charge in [0.05, 0.1) is 12.6 Å². The zero-order valence-electron chi connectivity index (χ0n) is 14.1. The Morgan fingerprint density at radius 3 is 2.40 bits per heavy atom. The average Bonchev–Trinajstić information content (AvgIpc) is 2.60. The molecular weight excluding hydrogens is 361 g/mol. The van der Waals surface area contributed by atoms with Crippen molar-refractivity contribution in [2.24, 2.45) is 5.92 Å². The van der Waals surface area contributed by atoms with Crippen LogP contribution in [0.25, 0.3) is 5.57 Å². The summed E-state index contributed by atoms with van der Waals surface area (Å²) in [5.41, 5.74) is -0.279. The molecule has 2 atom stereocenters. The molecule has 0 N–H and O–H groups in total. The van der Waals surface area contributed by atoms with Gasteiger partial charge < -0.3 is 0 Å². The topological polar surface area (TPSA) is 70.2 Å². The van der Waals surface area contributed by atoms with E-state index in [9.17, 15) is 15.4 Å². The van der Waals surface area contributed by atoms with E-state index in [1.807, 2.05) is 18.7 Å². The maximum atomic E-state index is 11.9. The number of hydrogen-bond acceptors (Lipinski definition) is 4. The van der Waals surface area contributed by atoms with Crippen LogP contribution in [-0.2, 0) is 0 Å². The summed E-state index contributed by atoms with van der Waals surface area (Å²) in [5.74, 6) is -0.921. The molecule has 25 heavy (non-hydrogen) atoms. The van der Waals surface area contributed by atoms with Crippen LogP contribution in [0.3, 0.4) is 0 Å². The Bertz CT molecular complexity index is 746. The third kappa shape index (κ3) is 3.72. The van der Waals surface area contributed by atoms with Crippen LogP contribution in [0.15, 0.2) is 36.4 Å². The molecule has 132 valence electrons. The summed E-state index contributed by atoms with van der Waals surface area (Å²) in [6, 6.07) is 7.21. The van der Waals surface area contributed by atoms with Gasteiger partial charge in [-0.3, -0.25) is 15.0 Å². The van der Waals surface area contributed by atoms with E-state index < -0.39 is 11.5 Å². The first-order valence-corrected chi connectivity index (χ1v) is 8.77. The van der Waals surface area contributed by atoms with Gasteiger partial charge in [-0.2, -0.15) is 5.26 Å². The van der Waals surface area contributed by atoms with Gasteiger partial charge in [0.15, 0.2) is 0 Å². The molecule has 0 saturated heterocycles. The number of nitro groups is 1. The van der Waals surface area contributed by atoms with E-state index in [4.69, 9.17) is 23.2 Å². The molecule has 0 spiro atoms. The molecular formula is C18H19Cl2N3O2. The minimum atomic E-state index is -1.49. The SMILES string of the molecule is CCN(CC)CC1([N+](=O)[O-])C=CC(c2c(Cl)cccc2Cl)=CC1C#N. The van der Waals surface area contributed by atoms with Gasteiger partial charge in [0.2, 0.25) is 0 Å². The summed E-state index contributed by atoms with van der Waals surface area (Å²) in [7, 11) is 0. The summed E-state index contributed by atoms with van der Waals surface area (Å²) in [4.78, 5) is 13.5. The Balaban J connectivity index is 2.50. The molecule has 0 aliphatic heterocycles. The fourth-order valence-electron chi connectivity index (χ4n) is 3.00. The summed E-state index contributed by atoms with van der Waals surface area (Å²) >= 11 is 12.5. The zero-order valence-corrected chi connectivity index (χ0v) is 15.6. The maximum absolute atomic E-state index is 11.9.